The number of nitrogens with one attached hydrogen (secondary N) is 1. The number of benzene rings is 2. The van der Waals surface area contributed by atoms with E-state index in [9.17, 15) is 26.4 Å². The molecule has 0 bridgehead atoms. The normalized spacial score (nSPS) is 17.8. The second kappa shape index (κ2) is 8.73. The quantitative estimate of drug-likeness (QED) is 0.713. The minimum Gasteiger partial charge on any atom is -0.355 e. The minimum absolute atomic E-state index is 0.151. The lowest BCUT2D eigenvalue weighted by atomic mass is 10.1. The maximum Gasteiger partial charge on any atom is 0.244 e. The van der Waals surface area contributed by atoms with Crippen molar-refractivity contribution in [2.24, 2.45) is 0 Å². The minimum atomic E-state index is -4.27. The van der Waals surface area contributed by atoms with Gasteiger partial charge in [0.1, 0.15) is 11.9 Å². The van der Waals surface area contributed by atoms with E-state index in [2.05, 4.69) is 5.32 Å². The molecule has 1 fully saturated rings. The fraction of sp³-hybridized carbons (Fsp3) is 0.316. The summed E-state index contributed by atoms with van der Waals surface area (Å²) in [5, 5.41) is 2.95. The maximum atomic E-state index is 14.2. The van der Waals surface area contributed by atoms with E-state index in [-0.39, 0.29) is 16.9 Å². The van der Waals surface area contributed by atoms with Crippen molar-refractivity contribution >= 4 is 27.5 Å². The molecule has 1 saturated heterocycles. The first-order valence-corrected chi connectivity index (χ1v) is 10.7. The molecule has 2 aromatic carbocycles. The van der Waals surface area contributed by atoms with Crippen LogP contribution < -0.4 is 5.32 Å². The van der Waals surface area contributed by atoms with Crippen LogP contribution in [-0.4, -0.2) is 31.2 Å². The van der Waals surface area contributed by atoms with E-state index in [1.807, 2.05) is 0 Å². The van der Waals surface area contributed by atoms with E-state index >= 15 is 0 Å². The summed E-state index contributed by atoms with van der Waals surface area (Å²) in [5.41, 5.74) is -0.376. The van der Waals surface area contributed by atoms with Gasteiger partial charge in [-0.3, -0.25) is 4.79 Å². The SMILES string of the molecule is O=C1NCCCCC1N(Cc1cc(F)c(F)cc1F)S(=O)(=O)c1ccc(Cl)cc1. The third-order valence-electron chi connectivity index (χ3n) is 4.69. The molecule has 1 heterocycles. The summed E-state index contributed by atoms with van der Waals surface area (Å²) >= 11 is 5.82. The first-order valence-electron chi connectivity index (χ1n) is 8.88. The second-order valence-electron chi connectivity index (χ2n) is 6.66. The Hall–Kier alpha value is -2.10. The van der Waals surface area contributed by atoms with Crippen molar-refractivity contribution in [3.63, 3.8) is 0 Å². The Morgan fingerprint density at radius 3 is 2.38 bits per heavy atom. The monoisotopic (exact) mass is 446 g/mol. The Kier molecular flexibility index (Phi) is 6.50. The number of hydrogen-bond acceptors (Lipinski definition) is 3. The van der Waals surface area contributed by atoms with Gasteiger partial charge in [-0.05, 0) is 49.6 Å². The lowest BCUT2D eigenvalue weighted by molar-refractivity contribution is -0.124. The van der Waals surface area contributed by atoms with E-state index in [4.69, 9.17) is 11.6 Å². The Morgan fingerprint density at radius 1 is 1.03 bits per heavy atom. The zero-order valence-corrected chi connectivity index (χ0v) is 16.7. The molecule has 0 spiro atoms. The van der Waals surface area contributed by atoms with Gasteiger partial charge in [0.25, 0.3) is 0 Å². The van der Waals surface area contributed by atoms with Gasteiger partial charge in [0.15, 0.2) is 11.6 Å². The zero-order valence-electron chi connectivity index (χ0n) is 15.2. The topological polar surface area (TPSA) is 66.5 Å². The number of halogens is 4. The first-order chi connectivity index (χ1) is 13.7. The van der Waals surface area contributed by atoms with Crippen LogP contribution in [0.15, 0.2) is 41.3 Å². The molecule has 2 aromatic rings. The van der Waals surface area contributed by atoms with Crippen molar-refractivity contribution in [3.8, 4) is 0 Å². The van der Waals surface area contributed by atoms with Crippen molar-refractivity contribution in [2.75, 3.05) is 6.54 Å². The van der Waals surface area contributed by atoms with Gasteiger partial charge in [-0.1, -0.05) is 11.6 Å². The molecule has 3 rings (SSSR count). The van der Waals surface area contributed by atoms with Gasteiger partial charge in [0, 0.05) is 29.7 Å². The molecular weight excluding hydrogens is 429 g/mol. The van der Waals surface area contributed by atoms with Gasteiger partial charge in [0.2, 0.25) is 15.9 Å². The van der Waals surface area contributed by atoms with Crippen molar-refractivity contribution in [1.82, 2.24) is 9.62 Å². The fourth-order valence-electron chi connectivity index (χ4n) is 3.16. The van der Waals surface area contributed by atoms with Crippen LogP contribution in [0, 0.1) is 17.5 Å². The summed E-state index contributed by atoms with van der Waals surface area (Å²) in [4.78, 5) is 12.4. The standard InChI is InChI=1S/C19H18ClF3N2O3S/c20-13-4-6-14(7-5-13)29(27,28)25(18-3-1-2-8-24-19(18)26)11-12-9-16(22)17(23)10-15(12)21/h4-7,9-10,18H,1-3,8,11H2,(H,24,26). The number of carbonyl (C=O) groups excluding carboxylic acids is 1. The van der Waals surface area contributed by atoms with Gasteiger partial charge in [-0.2, -0.15) is 4.31 Å². The number of nitrogens with zero attached hydrogens (tertiary/aromatic N) is 1. The zero-order chi connectivity index (χ0) is 21.2. The molecule has 5 nitrogen and oxygen atoms in total. The van der Waals surface area contributed by atoms with Crippen LogP contribution in [0.2, 0.25) is 5.02 Å². The van der Waals surface area contributed by atoms with E-state index in [0.717, 1.165) is 4.31 Å². The summed E-state index contributed by atoms with van der Waals surface area (Å²) < 4.78 is 68.6. The summed E-state index contributed by atoms with van der Waals surface area (Å²) in [6.07, 6.45) is 1.44. The Balaban J connectivity index is 2.07. The number of rotatable bonds is 5. The van der Waals surface area contributed by atoms with Crippen LogP contribution in [0.1, 0.15) is 24.8 Å². The molecule has 1 aliphatic rings. The average Bonchev–Trinajstić information content (AvgIpc) is 2.88. The van der Waals surface area contributed by atoms with Gasteiger partial charge >= 0.3 is 0 Å². The van der Waals surface area contributed by atoms with Gasteiger partial charge in [-0.25, -0.2) is 21.6 Å². The lowest BCUT2D eigenvalue weighted by Crippen LogP contribution is -2.48. The van der Waals surface area contributed by atoms with Crippen LogP contribution >= 0.6 is 11.6 Å². The molecule has 29 heavy (non-hydrogen) atoms. The molecule has 1 atom stereocenters. The van der Waals surface area contributed by atoms with E-state index in [1.54, 1.807) is 0 Å². The number of carbonyl (C=O) groups is 1. The Labute approximate surface area is 171 Å². The largest absolute Gasteiger partial charge is 0.355 e. The molecule has 1 N–H and O–H groups in total. The summed E-state index contributed by atoms with van der Waals surface area (Å²) in [7, 11) is -4.27. The number of hydrogen-bond donors (Lipinski definition) is 1. The van der Waals surface area contributed by atoms with Gasteiger partial charge in [-0.15, -0.1) is 0 Å². The second-order valence-corrected chi connectivity index (χ2v) is 8.99. The molecule has 1 amide bonds. The highest BCUT2D eigenvalue weighted by Gasteiger charge is 2.37. The highest BCUT2D eigenvalue weighted by atomic mass is 35.5. The van der Waals surface area contributed by atoms with E-state index in [0.29, 0.717) is 36.5 Å². The Morgan fingerprint density at radius 2 is 1.69 bits per heavy atom. The van der Waals surface area contributed by atoms with Crippen molar-refractivity contribution < 1.29 is 26.4 Å². The smallest absolute Gasteiger partial charge is 0.244 e. The molecule has 156 valence electrons. The number of sulfonamides is 1. The van der Waals surface area contributed by atoms with Crippen molar-refractivity contribution in [1.29, 1.82) is 0 Å². The first kappa shape index (κ1) is 21.6. The number of amides is 1. The molecule has 1 aliphatic heterocycles. The van der Waals surface area contributed by atoms with Gasteiger partial charge in [0.05, 0.1) is 4.90 Å². The van der Waals surface area contributed by atoms with Crippen LogP contribution in [0.4, 0.5) is 13.2 Å². The van der Waals surface area contributed by atoms with E-state index in [1.165, 1.54) is 24.3 Å². The molecule has 0 aliphatic carbocycles. The summed E-state index contributed by atoms with van der Waals surface area (Å²) in [6, 6.07) is 5.11. The molecule has 0 aromatic heterocycles. The highest BCUT2D eigenvalue weighted by Crippen LogP contribution is 2.27. The van der Waals surface area contributed by atoms with Crippen molar-refractivity contribution in [3.05, 3.63) is 64.4 Å². The lowest BCUT2D eigenvalue weighted by Gasteiger charge is -2.29. The van der Waals surface area contributed by atoms with Crippen LogP contribution in [-0.2, 0) is 21.4 Å². The predicted octanol–water partition coefficient (Wildman–Crippen LogP) is 3.62. The highest BCUT2D eigenvalue weighted by molar-refractivity contribution is 7.89. The fourth-order valence-corrected chi connectivity index (χ4v) is 4.88. The third-order valence-corrected chi connectivity index (χ3v) is 6.81. The van der Waals surface area contributed by atoms with Crippen molar-refractivity contribution in [2.45, 2.75) is 36.7 Å². The van der Waals surface area contributed by atoms with E-state index < -0.39 is 46.0 Å². The molecule has 0 radical (unpaired) electrons. The molecular formula is C19H18ClF3N2O3S. The molecule has 0 saturated carbocycles. The predicted molar refractivity (Wildman–Crippen MR) is 101 cm³/mol. The average molecular weight is 447 g/mol. The van der Waals surface area contributed by atoms with Gasteiger partial charge < -0.3 is 5.32 Å². The van der Waals surface area contributed by atoms with Crippen LogP contribution in [0.3, 0.4) is 0 Å². The molecule has 1 unspecified atom stereocenters. The third kappa shape index (κ3) is 4.73. The molecule has 10 heteroatoms. The summed E-state index contributed by atoms with van der Waals surface area (Å²) in [6.45, 7) is -0.240. The van der Waals surface area contributed by atoms with Crippen LogP contribution in [0.5, 0.6) is 0 Å². The Bertz CT molecular complexity index is 1020. The summed E-state index contributed by atoms with van der Waals surface area (Å²) in [5.74, 6) is -4.32. The maximum absolute atomic E-state index is 14.2. The van der Waals surface area contributed by atoms with Crippen LogP contribution in [0.25, 0.3) is 0 Å².